The van der Waals surface area contributed by atoms with Crippen LogP contribution in [-0.4, -0.2) is 33.3 Å². The first kappa shape index (κ1) is 14.2. The monoisotopic (exact) mass is 310 g/mol. The molecule has 2 heterocycles. The van der Waals surface area contributed by atoms with Crippen LogP contribution in [-0.2, 0) is 4.74 Å². The van der Waals surface area contributed by atoms with Crippen molar-refractivity contribution < 1.29 is 14.6 Å². The van der Waals surface area contributed by atoms with Gasteiger partial charge in [-0.25, -0.2) is 9.78 Å². The van der Waals surface area contributed by atoms with Crippen molar-refractivity contribution in [3.63, 3.8) is 0 Å². The lowest BCUT2D eigenvalue weighted by Crippen LogP contribution is -2.26. The lowest BCUT2D eigenvalue weighted by molar-refractivity contribution is 0.00408. The quantitative estimate of drug-likeness (QED) is 0.713. The summed E-state index contributed by atoms with van der Waals surface area (Å²) >= 11 is 0. The molecule has 0 amide bonds. The molecule has 1 saturated carbocycles. The second kappa shape index (κ2) is 5.66. The summed E-state index contributed by atoms with van der Waals surface area (Å²) in [6.45, 7) is 0. The van der Waals surface area contributed by atoms with Crippen molar-refractivity contribution in [2.45, 2.75) is 37.9 Å². The van der Waals surface area contributed by atoms with E-state index in [1.165, 1.54) is 0 Å². The molecule has 4 rings (SSSR count). The van der Waals surface area contributed by atoms with Crippen molar-refractivity contribution in [2.24, 2.45) is 0 Å². The van der Waals surface area contributed by atoms with Crippen molar-refractivity contribution in [3.05, 3.63) is 42.2 Å². The van der Waals surface area contributed by atoms with E-state index in [9.17, 15) is 9.90 Å². The fourth-order valence-corrected chi connectivity index (χ4v) is 3.24. The van der Waals surface area contributed by atoms with Crippen molar-refractivity contribution in [3.8, 4) is 0 Å². The van der Waals surface area contributed by atoms with E-state index in [-0.39, 0.29) is 12.2 Å². The summed E-state index contributed by atoms with van der Waals surface area (Å²) in [4.78, 5) is 19.9. The lowest BCUT2D eigenvalue weighted by Gasteiger charge is -2.25. The van der Waals surface area contributed by atoms with E-state index in [1.807, 2.05) is 24.3 Å². The average molecular weight is 310 g/mol. The van der Waals surface area contributed by atoms with E-state index in [2.05, 4.69) is 9.97 Å². The van der Waals surface area contributed by atoms with Gasteiger partial charge in [0.15, 0.2) is 0 Å². The molecule has 3 aromatic rings. The molecule has 0 atom stereocenters. The standard InChI is InChI=1S/C18H18N2O3/c21-11-5-7-12(8-6-11)23-18(22)16-9-14-13-3-1-2-4-15(13)20-17(14)10-19-16/h1-4,9-12,20-21H,5-8H2. The lowest BCUT2D eigenvalue weighted by atomic mass is 9.95. The molecule has 5 nitrogen and oxygen atoms in total. The second-order valence-corrected chi connectivity index (χ2v) is 6.12. The number of aromatic nitrogens is 2. The Kier molecular flexibility index (Phi) is 3.50. The molecule has 1 fully saturated rings. The maximum atomic E-state index is 12.3. The first-order chi connectivity index (χ1) is 11.2. The number of fused-ring (bicyclic) bond motifs is 3. The predicted molar refractivity (Wildman–Crippen MR) is 87.3 cm³/mol. The third-order valence-corrected chi connectivity index (χ3v) is 4.52. The number of aliphatic hydroxyl groups excluding tert-OH is 1. The smallest absolute Gasteiger partial charge is 0.357 e. The van der Waals surface area contributed by atoms with Gasteiger partial charge in [0.05, 0.1) is 17.8 Å². The number of nitrogens with one attached hydrogen (secondary N) is 1. The van der Waals surface area contributed by atoms with Crippen LogP contribution in [0.15, 0.2) is 36.5 Å². The number of benzene rings is 1. The molecule has 23 heavy (non-hydrogen) atoms. The summed E-state index contributed by atoms with van der Waals surface area (Å²) in [6, 6.07) is 9.75. The minimum absolute atomic E-state index is 0.119. The van der Waals surface area contributed by atoms with Crippen LogP contribution in [0.2, 0.25) is 0 Å². The predicted octanol–water partition coefficient (Wildman–Crippen LogP) is 3.18. The molecule has 5 heteroatoms. The number of aliphatic hydroxyl groups is 1. The second-order valence-electron chi connectivity index (χ2n) is 6.12. The third-order valence-electron chi connectivity index (χ3n) is 4.52. The molecule has 2 aromatic heterocycles. The van der Waals surface area contributed by atoms with Crippen molar-refractivity contribution in [1.29, 1.82) is 0 Å². The highest BCUT2D eigenvalue weighted by Gasteiger charge is 2.23. The number of nitrogens with zero attached hydrogens (tertiary/aromatic N) is 1. The minimum Gasteiger partial charge on any atom is -0.458 e. The molecule has 1 aliphatic carbocycles. The number of ether oxygens (including phenoxy) is 1. The maximum Gasteiger partial charge on any atom is 0.357 e. The van der Waals surface area contributed by atoms with Gasteiger partial charge in [-0.2, -0.15) is 0 Å². The number of hydrogen-bond donors (Lipinski definition) is 2. The van der Waals surface area contributed by atoms with E-state index in [0.29, 0.717) is 31.4 Å². The Morgan fingerprint density at radius 3 is 2.74 bits per heavy atom. The number of aromatic amines is 1. The van der Waals surface area contributed by atoms with Crippen LogP contribution in [0.3, 0.4) is 0 Å². The van der Waals surface area contributed by atoms with Gasteiger partial charge >= 0.3 is 5.97 Å². The van der Waals surface area contributed by atoms with Crippen LogP contribution in [0.4, 0.5) is 0 Å². The van der Waals surface area contributed by atoms with Gasteiger partial charge < -0.3 is 14.8 Å². The summed E-state index contributed by atoms with van der Waals surface area (Å²) < 4.78 is 5.54. The molecule has 0 aliphatic heterocycles. The number of rotatable bonds is 2. The molecule has 0 radical (unpaired) electrons. The highest BCUT2D eigenvalue weighted by Crippen LogP contribution is 2.26. The molecule has 0 saturated heterocycles. The van der Waals surface area contributed by atoms with Crippen LogP contribution in [0.1, 0.15) is 36.2 Å². The van der Waals surface area contributed by atoms with Gasteiger partial charge in [0, 0.05) is 16.3 Å². The molecular formula is C18H18N2O3. The van der Waals surface area contributed by atoms with E-state index < -0.39 is 5.97 Å². The Labute approximate surface area is 133 Å². The molecule has 1 aliphatic rings. The van der Waals surface area contributed by atoms with Crippen LogP contribution in [0.5, 0.6) is 0 Å². The molecule has 0 spiro atoms. The zero-order chi connectivity index (χ0) is 15.8. The van der Waals surface area contributed by atoms with Gasteiger partial charge in [-0.05, 0) is 37.8 Å². The van der Waals surface area contributed by atoms with Crippen LogP contribution >= 0.6 is 0 Å². The number of pyridine rings is 1. The Morgan fingerprint density at radius 2 is 1.91 bits per heavy atom. The summed E-state index contributed by atoms with van der Waals surface area (Å²) in [6.07, 6.45) is 4.10. The zero-order valence-electron chi connectivity index (χ0n) is 12.7. The summed E-state index contributed by atoms with van der Waals surface area (Å²) in [5.41, 5.74) is 2.26. The first-order valence-electron chi connectivity index (χ1n) is 7.96. The highest BCUT2D eigenvalue weighted by molar-refractivity contribution is 6.08. The fourth-order valence-electron chi connectivity index (χ4n) is 3.24. The van der Waals surface area contributed by atoms with Crippen LogP contribution in [0, 0.1) is 0 Å². The topological polar surface area (TPSA) is 75.2 Å². The molecule has 118 valence electrons. The normalized spacial score (nSPS) is 21.6. The van der Waals surface area contributed by atoms with Gasteiger partial charge in [0.25, 0.3) is 0 Å². The van der Waals surface area contributed by atoms with E-state index in [1.54, 1.807) is 12.3 Å². The Morgan fingerprint density at radius 1 is 1.13 bits per heavy atom. The SMILES string of the molecule is O=C(OC1CCC(O)CC1)c1cc2c(cn1)[nH]c1ccccc12. The molecule has 2 N–H and O–H groups in total. The number of hydrogen-bond acceptors (Lipinski definition) is 4. The van der Waals surface area contributed by atoms with Gasteiger partial charge in [-0.15, -0.1) is 0 Å². The number of carbonyl (C=O) groups is 1. The van der Waals surface area contributed by atoms with Crippen LogP contribution < -0.4 is 0 Å². The fraction of sp³-hybridized carbons (Fsp3) is 0.333. The Bertz CT molecular complexity index is 863. The van der Waals surface area contributed by atoms with E-state index in [4.69, 9.17) is 4.74 Å². The van der Waals surface area contributed by atoms with Gasteiger partial charge in [-0.3, -0.25) is 0 Å². The van der Waals surface area contributed by atoms with E-state index in [0.717, 1.165) is 21.8 Å². The number of esters is 1. The van der Waals surface area contributed by atoms with Gasteiger partial charge in [0.1, 0.15) is 11.8 Å². The number of para-hydroxylation sites is 1. The zero-order valence-corrected chi connectivity index (χ0v) is 12.7. The first-order valence-corrected chi connectivity index (χ1v) is 7.96. The van der Waals surface area contributed by atoms with Crippen molar-refractivity contribution in [1.82, 2.24) is 9.97 Å². The largest absolute Gasteiger partial charge is 0.458 e. The maximum absolute atomic E-state index is 12.3. The summed E-state index contributed by atoms with van der Waals surface area (Å²) in [5.74, 6) is -0.390. The average Bonchev–Trinajstić information content (AvgIpc) is 2.94. The Hall–Kier alpha value is -2.40. The van der Waals surface area contributed by atoms with Crippen LogP contribution in [0.25, 0.3) is 21.8 Å². The summed E-state index contributed by atoms with van der Waals surface area (Å²) in [7, 11) is 0. The third kappa shape index (κ3) is 2.68. The molecule has 0 unspecified atom stereocenters. The van der Waals surface area contributed by atoms with E-state index >= 15 is 0 Å². The minimum atomic E-state index is -0.390. The molecule has 1 aromatic carbocycles. The Balaban J connectivity index is 1.60. The number of H-pyrrole nitrogens is 1. The summed E-state index contributed by atoms with van der Waals surface area (Å²) in [5, 5.41) is 11.6. The molecular weight excluding hydrogens is 292 g/mol. The van der Waals surface area contributed by atoms with Gasteiger partial charge in [-0.1, -0.05) is 18.2 Å². The van der Waals surface area contributed by atoms with Crippen molar-refractivity contribution in [2.75, 3.05) is 0 Å². The highest BCUT2D eigenvalue weighted by atomic mass is 16.5. The van der Waals surface area contributed by atoms with Gasteiger partial charge in [0.2, 0.25) is 0 Å². The number of carbonyl (C=O) groups excluding carboxylic acids is 1. The molecule has 0 bridgehead atoms. The van der Waals surface area contributed by atoms with Crippen molar-refractivity contribution >= 4 is 27.8 Å².